The van der Waals surface area contributed by atoms with Gasteiger partial charge in [-0.05, 0) is 25.5 Å². The summed E-state index contributed by atoms with van der Waals surface area (Å²) in [5, 5.41) is 2.68. The Morgan fingerprint density at radius 3 is 3.06 bits per heavy atom. The first-order valence-corrected chi connectivity index (χ1v) is 7.04. The van der Waals surface area contributed by atoms with Gasteiger partial charge >= 0.3 is 0 Å². The van der Waals surface area contributed by atoms with Crippen molar-refractivity contribution in [1.29, 1.82) is 0 Å². The first kappa shape index (κ1) is 11.8. The summed E-state index contributed by atoms with van der Waals surface area (Å²) in [6.45, 7) is 2.99. The highest BCUT2D eigenvalue weighted by atomic mass is 32.2. The van der Waals surface area contributed by atoms with Crippen LogP contribution in [0.25, 0.3) is 10.8 Å². The molecule has 0 bridgehead atoms. The number of nitrogen functional groups attached to an aromatic ring is 1. The summed E-state index contributed by atoms with van der Waals surface area (Å²) in [7, 11) is 0. The number of anilines is 1. The van der Waals surface area contributed by atoms with Crippen LogP contribution in [0.2, 0.25) is 0 Å². The summed E-state index contributed by atoms with van der Waals surface area (Å²) >= 11 is 1.83. The van der Waals surface area contributed by atoms with Gasteiger partial charge < -0.3 is 10.5 Å². The molecule has 1 fully saturated rings. The minimum Gasteiger partial charge on any atom is -0.397 e. The lowest BCUT2D eigenvalue weighted by Gasteiger charge is -2.15. The fraction of sp³-hybridized carbons (Fsp3) is 0.357. The first-order valence-electron chi connectivity index (χ1n) is 6.16. The largest absolute Gasteiger partial charge is 0.397 e. The molecule has 94 valence electrons. The summed E-state index contributed by atoms with van der Waals surface area (Å²) < 4.78 is 5.59. The van der Waals surface area contributed by atoms with Gasteiger partial charge in [-0.15, -0.1) is 11.8 Å². The topological polar surface area (TPSA) is 48.1 Å². The average molecular weight is 260 g/mol. The molecule has 0 amide bonds. The number of nitrogens with two attached hydrogens (primary N) is 1. The fourth-order valence-electron chi connectivity index (χ4n) is 2.31. The molecule has 0 spiro atoms. The Bertz CT molecular complexity index is 573. The first-order chi connectivity index (χ1) is 8.75. The van der Waals surface area contributed by atoms with E-state index in [1.54, 1.807) is 6.20 Å². The van der Waals surface area contributed by atoms with Crippen LogP contribution in [0.1, 0.15) is 13.3 Å². The Balaban J connectivity index is 1.95. The molecule has 2 heterocycles. The number of benzene rings is 1. The van der Waals surface area contributed by atoms with Gasteiger partial charge in [-0.2, -0.15) is 0 Å². The van der Waals surface area contributed by atoms with Crippen molar-refractivity contribution < 1.29 is 4.74 Å². The van der Waals surface area contributed by atoms with Crippen molar-refractivity contribution in [3.8, 4) is 0 Å². The zero-order valence-corrected chi connectivity index (χ0v) is 11.1. The molecule has 1 aromatic heterocycles. The second kappa shape index (κ2) is 4.78. The second-order valence-electron chi connectivity index (χ2n) is 4.60. The maximum atomic E-state index is 6.25. The van der Waals surface area contributed by atoms with Gasteiger partial charge in [-0.25, -0.2) is 0 Å². The standard InChI is InChI=1S/C14H16N2OS/c1-9-12(5-7-17-9)18-13-3-2-10-8-16-6-4-11(10)14(13)15/h2-4,6,8-9,12H,5,7,15H2,1H3. The number of pyridine rings is 1. The maximum Gasteiger partial charge on any atom is 0.0669 e. The van der Waals surface area contributed by atoms with Gasteiger partial charge in [-0.1, -0.05) is 6.07 Å². The van der Waals surface area contributed by atoms with E-state index in [1.165, 1.54) is 0 Å². The van der Waals surface area contributed by atoms with Crippen molar-refractivity contribution in [2.45, 2.75) is 29.6 Å². The summed E-state index contributed by atoms with van der Waals surface area (Å²) in [5.74, 6) is 0. The summed E-state index contributed by atoms with van der Waals surface area (Å²) in [4.78, 5) is 5.27. The highest BCUT2D eigenvalue weighted by Crippen LogP contribution is 2.38. The molecule has 2 atom stereocenters. The number of hydrogen-bond donors (Lipinski definition) is 1. The minimum atomic E-state index is 0.308. The number of hydrogen-bond acceptors (Lipinski definition) is 4. The lowest BCUT2D eigenvalue weighted by atomic mass is 10.1. The molecule has 3 nitrogen and oxygen atoms in total. The SMILES string of the molecule is CC1OCCC1Sc1ccc2cnccc2c1N. The van der Waals surface area contributed by atoms with Gasteiger partial charge in [0.1, 0.15) is 0 Å². The van der Waals surface area contributed by atoms with E-state index in [-0.39, 0.29) is 0 Å². The average Bonchev–Trinajstić information content (AvgIpc) is 2.79. The van der Waals surface area contributed by atoms with Crippen LogP contribution in [-0.2, 0) is 4.74 Å². The van der Waals surface area contributed by atoms with Gasteiger partial charge in [0.2, 0.25) is 0 Å². The van der Waals surface area contributed by atoms with Crippen LogP contribution in [0.4, 0.5) is 5.69 Å². The predicted octanol–water partition coefficient (Wildman–Crippen LogP) is 3.09. The normalized spacial score (nSPS) is 23.6. The van der Waals surface area contributed by atoms with Crippen molar-refractivity contribution in [2.24, 2.45) is 0 Å². The third kappa shape index (κ3) is 2.06. The van der Waals surface area contributed by atoms with Crippen molar-refractivity contribution in [1.82, 2.24) is 4.98 Å². The monoisotopic (exact) mass is 260 g/mol. The highest BCUT2D eigenvalue weighted by molar-refractivity contribution is 8.00. The number of rotatable bonds is 2. The molecule has 3 rings (SSSR count). The van der Waals surface area contributed by atoms with Crippen LogP contribution in [0, 0.1) is 0 Å². The van der Waals surface area contributed by atoms with E-state index in [0.717, 1.165) is 34.4 Å². The van der Waals surface area contributed by atoms with Crippen molar-refractivity contribution in [3.05, 3.63) is 30.6 Å². The van der Waals surface area contributed by atoms with Crippen molar-refractivity contribution in [3.63, 3.8) is 0 Å². The Morgan fingerprint density at radius 1 is 1.39 bits per heavy atom. The van der Waals surface area contributed by atoms with Crippen molar-refractivity contribution in [2.75, 3.05) is 12.3 Å². The quantitative estimate of drug-likeness (QED) is 0.843. The number of aromatic nitrogens is 1. The van der Waals surface area contributed by atoms with Gasteiger partial charge in [0.25, 0.3) is 0 Å². The van der Waals surface area contributed by atoms with Crippen LogP contribution < -0.4 is 5.73 Å². The molecule has 1 saturated heterocycles. The van der Waals surface area contributed by atoms with Crippen molar-refractivity contribution >= 4 is 28.2 Å². The Labute approximate surface area is 111 Å². The van der Waals surface area contributed by atoms with Gasteiger partial charge in [0.05, 0.1) is 11.8 Å². The van der Waals surface area contributed by atoms with E-state index in [0.29, 0.717) is 11.4 Å². The summed E-state index contributed by atoms with van der Waals surface area (Å²) in [6.07, 6.45) is 5.04. The molecule has 0 radical (unpaired) electrons. The van der Waals surface area contributed by atoms with E-state index < -0.39 is 0 Å². The molecule has 4 heteroatoms. The van der Waals surface area contributed by atoms with Crippen LogP contribution >= 0.6 is 11.8 Å². The predicted molar refractivity (Wildman–Crippen MR) is 75.8 cm³/mol. The minimum absolute atomic E-state index is 0.308. The van der Waals surface area contributed by atoms with Crippen LogP contribution in [0.3, 0.4) is 0 Å². The second-order valence-corrected chi connectivity index (χ2v) is 5.88. The maximum absolute atomic E-state index is 6.25. The summed E-state index contributed by atoms with van der Waals surface area (Å²) in [5.41, 5.74) is 7.11. The molecule has 1 aliphatic heterocycles. The Hall–Kier alpha value is -1.26. The molecular weight excluding hydrogens is 244 g/mol. The van der Waals surface area contributed by atoms with Gasteiger partial charge in [-0.3, -0.25) is 4.98 Å². The number of thioether (sulfide) groups is 1. The van der Waals surface area contributed by atoms with E-state index in [1.807, 2.05) is 24.0 Å². The van der Waals surface area contributed by atoms with Gasteiger partial charge in [0.15, 0.2) is 0 Å². The van der Waals surface area contributed by atoms with Gasteiger partial charge in [0, 0.05) is 39.9 Å². The molecule has 2 unspecified atom stereocenters. The van der Waals surface area contributed by atoms with E-state index in [2.05, 4.69) is 24.0 Å². The fourth-order valence-corrected chi connectivity index (χ4v) is 3.50. The molecule has 1 aromatic carbocycles. The van der Waals surface area contributed by atoms with E-state index in [4.69, 9.17) is 10.5 Å². The molecule has 1 aliphatic rings. The van der Waals surface area contributed by atoms with Crippen LogP contribution in [0.15, 0.2) is 35.5 Å². The van der Waals surface area contributed by atoms with Crippen LogP contribution in [-0.4, -0.2) is 22.9 Å². The molecule has 0 aliphatic carbocycles. The van der Waals surface area contributed by atoms with Crippen LogP contribution in [0.5, 0.6) is 0 Å². The number of fused-ring (bicyclic) bond motifs is 1. The molecular formula is C14H16N2OS. The lowest BCUT2D eigenvalue weighted by molar-refractivity contribution is 0.127. The molecule has 18 heavy (non-hydrogen) atoms. The van der Waals surface area contributed by atoms with E-state index >= 15 is 0 Å². The lowest BCUT2D eigenvalue weighted by Crippen LogP contribution is -2.13. The summed E-state index contributed by atoms with van der Waals surface area (Å²) in [6, 6.07) is 6.15. The third-order valence-corrected chi connectivity index (χ3v) is 4.94. The Morgan fingerprint density at radius 2 is 2.28 bits per heavy atom. The zero-order chi connectivity index (χ0) is 12.5. The smallest absolute Gasteiger partial charge is 0.0669 e. The zero-order valence-electron chi connectivity index (χ0n) is 10.3. The molecule has 2 N–H and O–H groups in total. The number of ether oxygens (including phenoxy) is 1. The molecule has 2 aromatic rings. The highest BCUT2D eigenvalue weighted by Gasteiger charge is 2.25. The Kier molecular flexibility index (Phi) is 3.14. The van der Waals surface area contributed by atoms with E-state index in [9.17, 15) is 0 Å². The molecule has 0 saturated carbocycles. The number of nitrogens with zero attached hydrogens (tertiary/aromatic N) is 1. The third-order valence-electron chi connectivity index (χ3n) is 3.41.